The van der Waals surface area contributed by atoms with Gasteiger partial charge in [-0.15, -0.1) is 0 Å². The fraction of sp³-hybridized carbons (Fsp3) is 0. The molecule has 0 saturated carbocycles. The third-order valence-electron chi connectivity index (χ3n) is 4.54. The minimum absolute atomic E-state index is 0.0193. The van der Waals surface area contributed by atoms with Crippen molar-refractivity contribution >= 4 is 33.4 Å². The topological polar surface area (TPSA) is 116 Å². The molecule has 0 saturated heterocycles. The molecule has 9 heteroatoms. The number of rotatable bonds is 4. The zero-order valence-electron chi connectivity index (χ0n) is 14.7. The smallest absolute Gasteiger partial charge is 0.269 e. The van der Waals surface area contributed by atoms with Crippen molar-refractivity contribution in [2.75, 3.05) is 0 Å². The van der Waals surface area contributed by atoms with Gasteiger partial charge in [0.15, 0.2) is 0 Å². The highest BCUT2D eigenvalue weighted by Gasteiger charge is 2.32. The van der Waals surface area contributed by atoms with Crippen LogP contribution in [0.1, 0.15) is 16.1 Å². The first-order valence-corrected chi connectivity index (χ1v) is 9.82. The molecule has 0 radical (unpaired) electrons. The zero-order chi connectivity index (χ0) is 20.8. The molecular weight excluding hydrogens is 396 g/mol. The Balaban J connectivity index is 1.97. The van der Waals surface area contributed by atoms with Crippen LogP contribution >= 0.6 is 0 Å². The van der Waals surface area contributed by atoms with E-state index in [1.807, 2.05) is 0 Å². The number of nitro benzene ring substituents is 1. The molecule has 0 atom stereocenters. The molecule has 0 aliphatic heterocycles. The first-order valence-electron chi connectivity index (χ1n) is 8.38. The summed E-state index contributed by atoms with van der Waals surface area (Å²) in [7, 11) is -4.04. The Morgan fingerprint density at radius 3 is 2.17 bits per heavy atom. The Bertz CT molecular complexity index is 1300. The maximum atomic E-state index is 13.1. The average molecular weight is 408 g/mol. The number of ketones is 2. The molecule has 1 aromatic heterocycles. The summed E-state index contributed by atoms with van der Waals surface area (Å²) in [6.45, 7) is 0. The minimum atomic E-state index is -4.04. The molecule has 3 aromatic rings. The van der Waals surface area contributed by atoms with Crippen LogP contribution in [-0.4, -0.2) is 28.9 Å². The molecule has 1 heterocycles. The molecule has 1 aliphatic carbocycles. The Labute approximate surface area is 164 Å². The molecule has 1 aliphatic rings. The summed E-state index contributed by atoms with van der Waals surface area (Å²) >= 11 is 0. The van der Waals surface area contributed by atoms with Gasteiger partial charge in [0, 0.05) is 23.9 Å². The molecule has 0 amide bonds. The molecule has 8 nitrogen and oxygen atoms in total. The van der Waals surface area contributed by atoms with Gasteiger partial charge in [-0.1, -0.05) is 18.2 Å². The maximum Gasteiger partial charge on any atom is 0.269 e. The highest BCUT2D eigenvalue weighted by molar-refractivity contribution is 7.90. The van der Waals surface area contributed by atoms with Gasteiger partial charge in [0.25, 0.3) is 15.7 Å². The van der Waals surface area contributed by atoms with Crippen LogP contribution in [0.3, 0.4) is 0 Å². The van der Waals surface area contributed by atoms with Crippen molar-refractivity contribution in [3.05, 3.63) is 88.2 Å². The predicted octanol–water partition coefficient (Wildman–Crippen LogP) is 3.08. The average Bonchev–Trinajstić information content (AvgIpc) is 3.12. The maximum absolute atomic E-state index is 13.1. The number of hydrogen-bond donors (Lipinski definition) is 0. The molecule has 2 aromatic carbocycles. The van der Waals surface area contributed by atoms with Crippen LogP contribution in [0.25, 0.3) is 17.2 Å². The van der Waals surface area contributed by atoms with Gasteiger partial charge in [0.1, 0.15) is 0 Å². The second-order valence-electron chi connectivity index (χ2n) is 6.25. The molecule has 4 rings (SSSR count). The lowest BCUT2D eigenvalue weighted by molar-refractivity contribution is -0.384. The number of nitrogens with zero attached hydrogens (tertiary/aromatic N) is 2. The van der Waals surface area contributed by atoms with Gasteiger partial charge in [0.05, 0.1) is 21.1 Å². The van der Waals surface area contributed by atoms with E-state index in [2.05, 4.69) is 0 Å². The number of carbonyl (C=O) groups excluding carboxylic acids is 2. The standard InChI is InChI=1S/C20H12N2O6S/c23-18-11-10-17-19(20(18)24)16(13-6-8-14(9-7-13)22(25)26)12-21(17)29(27,28)15-4-2-1-3-5-15/h1-12H. The summed E-state index contributed by atoms with van der Waals surface area (Å²) < 4.78 is 27.2. The van der Waals surface area contributed by atoms with Crippen molar-refractivity contribution in [3.8, 4) is 11.1 Å². The van der Waals surface area contributed by atoms with Crippen molar-refractivity contribution in [1.82, 2.24) is 3.97 Å². The number of allylic oxidation sites excluding steroid dienone is 1. The van der Waals surface area contributed by atoms with E-state index in [9.17, 15) is 28.1 Å². The van der Waals surface area contributed by atoms with Gasteiger partial charge in [-0.2, -0.15) is 0 Å². The van der Waals surface area contributed by atoms with E-state index in [-0.39, 0.29) is 27.4 Å². The highest BCUT2D eigenvalue weighted by atomic mass is 32.2. The summed E-state index contributed by atoms with van der Waals surface area (Å²) in [6, 6.07) is 13.0. The number of benzene rings is 2. The summed E-state index contributed by atoms with van der Waals surface area (Å²) in [5, 5.41) is 10.9. The van der Waals surface area contributed by atoms with Gasteiger partial charge < -0.3 is 0 Å². The van der Waals surface area contributed by atoms with Gasteiger partial charge >= 0.3 is 0 Å². The van der Waals surface area contributed by atoms with E-state index in [0.29, 0.717) is 5.56 Å². The second kappa shape index (κ2) is 6.64. The van der Waals surface area contributed by atoms with E-state index < -0.39 is 26.5 Å². The number of hydrogen-bond acceptors (Lipinski definition) is 6. The van der Waals surface area contributed by atoms with Crippen molar-refractivity contribution in [3.63, 3.8) is 0 Å². The van der Waals surface area contributed by atoms with Gasteiger partial charge in [-0.3, -0.25) is 19.7 Å². The molecule has 144 valence electrons. The third-order valence-corrected chi connectivity index (χ3v) is 6.23. The number of non-ortho nitro benzene ring substituents is 1. The largest absolute Gasteiger partial charge is 0.286 e. The first-order chi connectivity index (χ1) is 13.8. The van der Waals surface area contributed by atoms with E-state index >= 15 is 0 Å². The van der Waals surface area contributed by atoms with Gasteiger partial charge in [-0.25, -0.2) is 12.4 Å². The number of nitro groups is 1. The van der Waals surface area contributed by atoms with E-state index in [0.717, 1.165) is 10.0 Å². The van der Waals surface area contributed by atoms with Crippen LogP contribution in [0.5, 0.6) is 0 Å². The Morgan fingerprint density at radius 1 is 0.897 bits per heavy atom. The van der Waals surface area contributed by atoms with Crippen molar-refractivity contribution in [1.29, 1.82) is 0 Å². The molecule has 0 N–H and O–H groups in total. The lowest BCUT2D eigenvalue weighted by Gasteiger charge is -2.11. The molecular formula is C20H12N2O6S. The minimum Gasteiger partial charge on any atom is -0.286 e. The fourth-order valence-electron chi connectivity index (χ4n) is 3.13. The number of Topliss-reactive ketones (excluding diaryl/α,β-unsaturated/α-hetero) is 1. The molecule has 0 bridgehead atoms. The number of fused-ring (bicyclic) bond motifs is 1. The summed E-state index contributed by atoms with van der Waals surface area (Å²) in [5.41, 5.74) is 0.446. The Morgan fingerprint density at radius 2 is 1.55 bits per heavy atom. The van der Waals surface area contributed by atoms with Gasteiger partial charge in [0.2, 0.25) is 11.6 Å². The van der Waals surface area contributed by atoms with Crippen LogP contribution in [0, 0.1) is 10.1 Å². The lowest BCUT2D eigenvalue weighted by atomic mass is 9.94. The quantitative estimate of drug-likeness (QED) is 0.372. The van der Waals surface area contributed by atoms with Gasteiger partial charge in [-0.05, 0) is 42.0 Å². The SMILES string of the molecule is O=C1C=Cc2c(c(-c3ccc([N+](=O)[O-])cc3)cn2S(=O)(=O)c2ccccc2)C1=O. The third kappa shape index (κ3) is 2.97. The van der Waals surface area contributed by atoms with E-state index in [1.54, 1.807) is 18.2 Å². The second-order valence-corrected chi connectivity index (χ2v) is 8.06. The summed E-state index contributed by atoms with van der Waals surface area (Å²) in [4.78, 5) is 34.8. The monoisotopic (exact) mass is 408 g/mol. The first kappa shape index (κ1) is 18.5. The lowest BCUT2D eigenvalue weighted by Crippen LogP contribution is -2.19. The summed E-state index contributed by atoms with van der Waals surface area (Å²) in [5.74, 6) is -1.60. The van der Waals surface area contributed by atoms with Crippen LogP contribution in [0.15, 0.2) is 71.8 Å². The number of aromatic nitrogens is 1. The molecule has 0 unspecified atom stereocenters. The molecule has 29 heavy (non-hydrogen) atoms. The predicted molar refractivity (Wildman–Crippen MR) is 104 cm³/mol. The van der Waals surface area contributed by atoms with Crippen LogP contribution in [-0.2, 0) is 14.8 Å². The van der Waals surface area contributed by atoms with Crippen molar-refractivity contribution in [2.45, 2.75) is 4.90 Å². The Hall–Kier alpha value is -3.85. The van der Waals surface area contributed by atoms with Crippen molar-refractivity contribution < 1.29 is 22.9 Å². The van der Waals surface area contributed by atoms with Crippen LogP contribution in [0.2, 0.25) is 0 Å². The van der Waals surface area contributed by atoms with Crippen LogP contribution < -0.4 is 0 Å². The van der Waals surface area contributed by atoms with Crippen LogP contribution in [0.4, 0.5) is 5.69 Å². The van der Waals surface area contributed by atoms with Crippen molar-refractivity contribution in [2.24, 2.45) is 0 Å². The number of carbonyl (C=O) groups is 2. The summed E-state index contributed by atoms with van der Waals surface area (Å²) in [6.07, 6.45) is 3.57. The normalized spacial score (nSPS) is 13.4. The fourth-order valence-corrected chi connectivity index (χ4v) is 4.52. The Kier molecular flexibility index (Phi) is 4.24. The molecule has 0 spiro atoms. The van der Waals surface area contributed by atoms with E-state index in [1.165, 1.54) is 48.7 Å². The van der Waals surface area contributed by atoms with E-state index in [4.69, 9.17) is 0 Å². The zero-order valence-corrected chi connectivity index (χ0v) is 15.5. The highest BCUT2D eigenvalue weighted by Crippen LogP contribution is 2.34. The molecule has 0 fully saturated rings.